The molecule has 0 saturated carbocycles. The maximum atomic E-state index is 11.7. The van der Waals surface area contributed by atoms with Crippen LogP contribution in [0.1, 0.15) is 11.3 Å². The van der Waals surface area contributed by atoms with Gasteiger partial charge in [0.25, 0.3) is 0 Å². The van der Waals surface area contributed by atoms with E-state index in [0.717, 1.165) is 0 Å². The molecular formula is C11H10O3. The van der Waals surface area contributed by atoms with Crippen molar-refractivity contribution in [1.29, 1.82) is 0 Å². The molecule has 0 amide bonds. The Morgan fingerprint density at radius 1 is 1.29 bits per heavy atom. The summed E-state index contributed by atoms with van der Waals surface area (Å²) in [5.74, 6) is 0.562. The van der Waals surface area contributed by atoms with E-state index in [-0.39, 0.29) is 16.6 Å². The number of aromatic hydroxyl groups is 1. The quantitative estimate of drug-likeness (QED) is 0.692. The van der Waals surface area contributed by atoms with Crippen molar-refractivity contribution in [2.24, 2.45) is 0 Å². The number of rotatable bonds is 0. The highest BCUT2D eigenvalue weighted by atomic mass is 16.3. The van der Waals surface area contributed by atoms with Gasteiger partial charge in [0.1, 0.15) is 22.5 Å². The van der Waals surface area contributed by atoms with Crippen molar-refractivity contribution in [1.82, 2.24) is 0 Å². The predicted molar refractivity (Wildman–Crippen MR) is 53.6 cm³/mol. The lowest BCUT2D eigenvalue weighted by Gasteiger charge is -2.03. The minimum absolute atomic E-state index is 0.0284. The number of phenolic OH excluding ortho intramolecular Hbond substituents is 1. The van der Waals surface area contributed by atoms with E-state index in [1.165, 1.54) is 6.07 Å². The Balaban J connectivity index is 3.07. The van der Waals surface area contributed by atoms with Crippen LogP contribution in [0.15, 0.2) is 27.4 Å². The van der Waals surface area contributed by atoms with Crippen LogP contribution < -0.4 is 5.43 Å². The van der Waals surface area contributed by atoms with Crippen molar-refractivity contribution >= 4 is 11.0 Å². The third-order valence-corrected chi connectivity index (χ3v) is 2.36. The summed E-state index contributed by atoms with van der Waals surface area (Å²) in [4.78, 5) is 11.7. The van der Waals surface area contributed by atoms with Gasteiger partial charge in [-0.3, -0.25) is 4.79 Å². The standard InChI is InChI=1S/C11H10O3/c1-6-7(2)14-9-5-3-4-8(12)10(9)11(6)13/h3-5,12H,1-2H3. The highest BCUT2D eigenvalue weighted by Gasteiger charge is 2.10. The lowest BCUT2D eigenvalue weighted by Crippen LogP contribution is -2.07. The van der Waals surface area contributed by atoms with E-state index in [1.807, 2.05) is 0 Å². The summed E-state index contributed by atoms with van der Waals surface area (Å²) in [6, 6.07) is 4.80. The summed E-state index contributed by atoms with van der Waals surface area (Å²) < 4.78 is 5.39. The zero-order chi connectivity index (χ0) is 10.3. The Labute approximate surface area is 80.6 Å². The van der Waals surface area contributed by atoms with Crippen LogP contribution in [0.3, 0.4) is 0 Å². The monoisotopic (exact) mass is 190 g/mol. The second-order valence-corrected chi connectivity index (χ2v) is 3.26. The lowest BCUT2D eigenvalue weighted by atomic mass is 10.1. The molecule has 2 rings (SSSR count). The third-order valence-electron chi connectivity index (χ3n) is 2.36. The van der Waals surface area contributed by atoms with Crippen molar-refractivity contribution < 1.29 is 9.52 Å². The number of fused-ring (bicyclic) bond motifs is 1. The molecule has 2 aromatic rings. The predicted octanol–water partition coefficient (Wildman–Crippen LogP) is 2.12. The topological polar surface area (TPSA) is 50.4 Å². The molecule has 0 saturated heterocycles. The van der Waals surface area contributed by atoms with Gasteiger partial charge in [-0.2, -0.15) is 0 Å². The summed E-state index contributed by atoms with van der Waals surface area (Å²) in [6.45, 7) is 3.42. The molecule has 3 nitrogen and oxygen atoms in total. The van der Waals surface area contributed by atoms with Gasteiger partial charge in [0.2, 0.25) is 0 Å². The van der Waals surface area contributed by atoms with Gasteiger partial charge in [0.05, 0.1) is 0 Å². The summed E-state index contributed by atoms with van der Waals surface area (Å²) >= 11 is 0. The fourth-order valence-corrected chi connectivity index (χ4v) is 1.42. The number of hydrogen-bond acceptors (Lipinski definition) is 3. The summed E-state index contributed by atoms with van der Waals surface area (Å²) in [5.41, 5.74) is 0.805. The minimum atomic E-state index is -0.165. The van der Waals surface area contributed by atoms with Gasteiger partial charge >= 0.3 is 0 Å². The Bertz CT molecular complexity index is 552. The van der Waals surface area contributed by atoms with Crippen LogP contribution in [-0.2, 0) is 0 Å². The summed E-state index contributed by atoms with van der Waals surface area (Å²) in [6.07, 6.45) is 0. The smallest absolute Gasteiger partial charge is 0.199 e. The molecule has 0 aliphatic rings. The van der Waals surface area contributed by atoms with Crippen molar-refractivity contribution in [2.45, 2.75) is 13.8 Å². The van der Waals surface area contributed by atoms with E-state index in [2.05, 4.69) is 0 Å². The van der Waals surface area contributed by atoms with Crippen LogP contribution in [0.5, 0.6) is 5.75 Å². The molecule has 0 aliphatic carbocycles. The third kappa shape index (κ3) is 1.09. The van der Waals surface area contributed by atoms with E-state index in [9.17, 15) is 9.90 Å². The second kappa shape index (κ2) is 2.87. The van der Waals surface area contributed by atoms with E-state index < -0.39 is 0 Å². The zero-order valence-corrected chi connectivity index (χ0v) is 8.00. The normalized spacial score (nSPS) is 10.7. The molecular weight excluding hydrogens is 180 g/mol. The average molecular weight is 190 g/mol. The highest BCUT2D eigenvalue weighted by Crippen LogP contribution is 2.22. The molecule has 1 aromatic carbocycles. The number of hydrogen-bond donors (Lipinski definition) is 1. The maximum absolute atomic E-state index is 11.7. The van der Waals surface area contributed by atoms with E-state index in [0.29, 0.717) is 16.9 Å². The van der Waals surface area contributed by atoms with Gasteiger partial charge in [0, 0.05) is 5.56 Å². The molecule has 1 aromatic heterocycles. The number of benzene rings is 1. The Morgan fingerprint density at radius 2 is 2.00 bits per heavy atom. The minimum Gasteiger partial charge on any atom is -0.507 e. The van der Waals surface area contributed by atoms with Crippen molar-refractivity contribution in [3.05, 3.63) is 39.7 Å². The lowest BCUT2D eigenvalue weighted by molar-refractivity contribution is 0.478. The molecule has 0 radical (unpaired) electrons. The van der Waals surface area contributed by atoms with Crippen LogP contribution in [0.25, 0.3) is 11.0 Å². The molecule has 3 heteroatoms. The molecule has 0 bridgehead atoms. The summed E-state index contributed by atoms with van der Waals surface area (Å²) in [7, 11) is 0. The van der Waals surface area contributed by atoms with Crippen molar-refractivity contribution in [3.63, 3.8) is 0 Å². The van der Waals surface area contributed by atoms with Gasteiger partial charge in [0.15, 0.2) is 5.43 Å². The first-order chi connectivity index (χ1) is 6.61. The average Bonchev–Trinajstić information content (AvgIpc) is 2.14. The van der Waals surface area contributed by atoms with Crippen molar-refractivity contribution in [2.75, 3.05) is 0 Å². The molecule has 1 N–H and O–H groups in total. The molecule has 14 heavy (non-hydrogen) atoms. The maximum Gasteiger partial charge on any atom is 0.199 e. The number of aryl methyl sites for hydroxylation is 1. The molecule has 0 fully saturated rings. The molecule has 0 unspecified atom stereocenters. The first kappa shape index (κ1) is 8.81. The molecule has 1 heterocycles. The van der Waals surface area contributed by atoms with Crippen LogP contribution >= 0.6 is 0 Å². The first-order valence-electron chi connectivity index (χ1n) is 4.33. The van der Waals surface area contributed by atoms with E-state index in [1.54, 1.807) is 26.0 Å². The highest BCUT2D eigenvalue weighted by molar-refractivity contribution is 5.83. The number of phenols is 1. The summed E-state index contributed by atoms with van der Waals surface area (Å²) in [5, 5.41) is 9.77. The SMILES string of the molecule is Cc1oc2cccc(O)c2c(=O)c1C. The molecule has 0 spiro atoms. The van der Waals surface area contributed by atoms with Crippen LogP contribution in [0.4, 0.5) is 0 Å². The first-order valence-corrected chi connectivity index (χ1v) is 4.33. The second-order valence-electron chi connectivity index (χ2n) is 3.26. The molecule has 72 valence electrons. The fraction of sp³-hybridized carbons (Fsp3) is 0.182. The van der Waals surface area contributed by atoms with Gasteiger partial charge < -0.3 is 9.52 Å². The van der Waals surface area contributed by atoms with Crippen LogP contribution in [0, 0.1) is 13.8 Å². The Hall–Kier alpha value is -1.77. The van der Waals surface area contributed by atoms with Gasteiger partial charge in [-0.05, 0) is 26.0 Å². The van der Waals surface area contributed by atoms with Gasteiger partial charge in [-0.1, -0.05) is 6.07 Å². The van der Waals surface area contributed by atoms with Crippen LogP contribution in [0.2, 0.25) is 0 Å². The molecule has 0 aliphatic heterocycles. The van der Waals surface area contributed by atoms with Crippen LogP contribution in [-0.4, -0.2) is 5.11 Å². The fourth-order valence-electron chi connectivity index (χ4n) is 1.42. The Morgan fingerprint density at radius 3 is 2.71 bits per heavy atom. The Kier molecular flexibility index (Phi) is 1.81. The van der Waals surface area contributed by atoms with Gasteiger partial charge in [-0.15, -0.1) is 0 Å². The zero-order valence-electron chi connectivity index (χ0n) is 8.00. The largest absolute Gasteiger partial charge is 0.507 e. The van der Waals surface area contributed by atoms with Crippen molar-refractivity contribution in [3.8, 4) is 5.75 Å². The van der Waals surface area contributed by atoms with E-state index >= 15 is 0 Å². The van der Waals surface area contributed by atoms with E-state index in [4.69, 9.17) is 4.42 Å². The molecule has 0 atom stereocenters. The van der Waals surface area contributed by atoms with Gasteiger partial charge in [-0.25, -0.2) is 0 Å².